The van der Waals surface area contributed by atoms with Crippen LogP contribution in [0.3, 0.4) is 0 Å². The summed E-state index contributed by atoms with van der Waals surface area (Å²) in [5.41, 5.74) is 1.66. The number of aromatic nitrogens is 1. The molecule has 82 valence electrons. The van der Waals surface area contributed by atoms with Crippen LogP contribution in [0.2, 0.25) is 0 Å². The highest BCUT2D eigenvalue weighted by Gasteiger charge is 2.24. The normalized spacial score (nSPS) is 21.7. The molecule has 1 atom stereocenters. The van der Waals surface area contributed by atoms with Gasteiger partial charge in [0.15, 0.2) is 0 Å². The van der Waals surface area contributed by atoms with Crippen LogP contribution in [0, 0.1) is 0 Å². The van der Waals surface area contributed by atoms with Crippen molar-refractivity contribution in [1.82, 2.24) is 9.88 Å². The van der Waals surface area contributed by atoms with Gasteiger partial charge >= 0.3 is 0 Å². The first-order valence-corrected chi connectivity index (χ1v) is 6.08. The molecule has 6 heteroatoms. The second-order valence-corrected chi connectivity index (χ2v) is 4.46. The lowest BCUT2D eigenvalue weighted by atomic mass is 10.3. The van der Waals surface area contributed by atoms with Crippen molar-refractivity contribution in [3.05, 3.63) is 16.6 Å². The summed E-state index contributed by atoms with van der Waals surface area (Å²) < 4.78 is 5.39. The van der Waals surface area contributed by atoms with Gasteiger partial charge in [-0.15, -0.1) is 22.9 Å². The maximum Gasteiger partial charge on any atom is 0.265 e. The Bertz CT molecular complexity index is 331. The van der Waals surface area contributed by atoms with E-state index in [0.29, 0.717) is 30.5 Å². The number of amides is 1. The zero-order chi connectivity index (χ0) is 10.7. The summed E-state index contributed by atoms with van der Waals surface area (Å²) >= 11 is 7.06. The van der Waals surface area contributed by atoms with Crippen LogP contribution in [0.15, 0.2) is 11.7 Å². The third-order valence-electron chi connectivity index (χ3n) is 2.24. The molecule has 1 fully saturated rings. The van der Waals surface area contributed by atoms with Crippen molar-refractivity contribution in [2.45, 2.75) is 6.10 Å². The molecular weight excluding hydrogens is 236 g/mol. The highest BCUT2D eigenvalue weighted by atomic mass is 35.5. The van der Waals surface area contributed by atoms with Crippen LogP contribution in [0.1, 0.15) is 9.67 Å². The topological polar surface area (TPSA) is 42.4 Å². The third kappa shape index (κ3) is 2.48. The molecule has 0 N–H and O–H groups in total. The fraction of sp³-hybridized carbons (Fsp3) is 0.556. The average molecular weight is 247 g/mol. The number of carbonyl (C=O) groups is 1. The number of ether oxygens (including phenoxy) is 1. The molecule has 0 aliphatic carbocycles. The zero-order valence-electron chi connectivity index (χ0n) is 8.06. The van der Waals surface area contributed by atoms with Gasteiger partial charge in [0.2, 0.25) is 0 Å². The SMILES string of the molecule is O=C(c1cncs1)N1CCOC(CCl)C1. The van der Waals surface area contributed by atoms with Crippen LogP contribution in [0.5, 0.6) is 0 Å². The number of hydrogen-bond acceptors (Lipinski definition) is 4. The Morgan fingerprint density at radius 1 is 1.80 bits per heavy atom. The Balaban J connectivity index is 2.01. The molecule has 1 aliphatic rings. The van der Waals surface area contributed by atoms with Crippen LogP contribution in [0.25, 0.3) is 0 Å². The van der Waals surface area contributed by atoms with E-state index < -0.39 is 0 Å². The average Bonchev–Trinajstić information content (AvgIpc) is 2.81. The molecule has 1 unspecified atom stereocenters. The van der Waals surface area contributed by atoms with Gasteiger partial charge in [0.25, 0.3) is 5.91 Å². The van der Waals surface area contributed by atoms with Gasteiger partial charge in [-0.25, -0.2) is 0 Å². The van der Waals surface area contributed by atoms with E-state index in [9.17, 15) is 4.79 Å². The molecule has 15 heavy (non-hydrogen) atoms. The Morgan fingerprint density at radius 3 is 3.33 bits per heavy atom. The van der Waals surface area contributed by atoms with Gasteiger partial charge < -0.3 is 9.64 Å². The molecule has 1 aromatic rings. The van der Waals surface area contributed by atoms with Gasteiger partial charge in [0, 0.05) is 13.1 Å². The molecule has 1 aliphatic heterocycles. The monoisotopic (exact) mass is 246 g/mol. The van der Waals surface area contributed by atoms with E-state index in [2.05, 4.69) is 4.98 Å². The molecule has 1 aromatic heterocycles. The first-order chi connectivity index (χ1) is 7.31. The molecule has 0 spiro atoms. The number of morpholine rings is 1. The summed E-state index contributed by atoms with van der Waals surface area (Å²) in [5.74, 6) is 0.447. The number of nitrogens with zero attached hydrogens (tertiary/aromatic N) is 2. The first-order valence-electron chi connectivity index (χ1n) is 4.66. The van der Waals surface area contributed by atoms with E-state index in [0.717, 1.165) is 0 Å². The number of carbonyl (C=O) groups excluding carboxylic acids is 1. The quantitative estimate of drug-likeness (QED) is 0.737. The van der Waals surface area contributed by atoms with Crippen molar-refractivity contribution in [3.8, 4) is 0 Å². The molecular formula is C9H11ClN2O2S. The molecule has 2 heterocycles. The van der Waals surface area contributed by atoms with Crippen LogP contribution < -0.4 is 0 Å². The lowest BCUT2D eigenvalue weighted by molar-refractivity contribution is -0.0106. The van der Waals surface area contributed by atoms with E-state index in [-0.39, 0.29) is 12.0 Å². The number of alkyl halides is 1. The molecule has 0 radical (unpaired) electrons. The molecule has 0 bridgehead atoms. The van der Waals surface area contributed by atoms with Crippen molar-refractivity contribution >= 4 is 28.8 Å². The Morgan fingerprint density at radius 2 is 2.67 bits per heavy atom. The molecule has 2 rings (SSSR count). The lowest BCUT2D eigenvalue weighted by Crippen LogP contribution is -2.46. The summed E-state index contributed by atoms with van der Waals surface area (Å²) in [6, 6.07) is 0. The molecule has 1 saturated heterocycles. The number of hydrogen-bond donors (Lipinski definition) is 0. The summed E-state index contributed by atoms with van der Waals surface area (Å²) in [6.07, 6.45) is 1.55. The Labute approximate surface area is 96.8 Å². The number of thiazole rings is 1. The molecule has 0 saturated carbocycles. The van der Waals surface area contributed by atoms with Crippen molar-refractivity contribution < 1.29 is 9.53 Å². The number of rotatable bonds is 2. The van der Waals surface area contributed by atoms with Crippen molar-refractivity contribution in [2.75, 3.05) is 25.6 Å². The van der Waals surface area contributed by atoms with Gasteiger partial charge in [-0.1, -0.05) is 0 Å². The van der Waals surface area contributed by atoms with Gasteiger partial charge in [-0.3, -0.25) is 9.78 Å². The Hall–Kier alpha value is -0.650. The highest BCUT2D eigenvalue weighted by molar-refractivity contribution is 7.11. The van der Waals surface area contributed by atoms with Crippen LogP contribution in [-0.2, 0) is 4.74 Å². The molecule has 1 amide bonds. The van der Waals surface area contributed by atoms with Gasteiger partial charge in [-0.05, 0) is 0 Å². The summed E-state index contributed by atoms with van der Waals surface area (Å²) in [5, 5.41) is 0. The van der Waals surface area contributed by atoms with Crippen molar-refractivity contribution in [3.63, 3.8) is 0 Å². The van der Waals surface area contributed by atoms with Crippen LogP contribution in [-0.4, -0.2) is 47.5 Å². The minimum Gasteiger partial charge on any atom is -0.373 e. The molecule has 4 nitrogen and oxygen atoms in total. The summed E-state index contributed by atoms with van der Waals surface area (Å²) in [6.45, 7) is 1.76. The minimum absolute atomic E-state index is 0.0240. The smallest absolute Gasteiger partial charge is 0.265 e. The van der Waals surface area contributed by atoms with Crippen LogP contribution >= 0.6 is 22.9 Å². The second kappa shape index (κ2) is 4.92. The zero-order valence-corrected chi connectivity index (χ0v) is 9.63. The first kappa shape index (κ1) is 10.9. The highest BCUT2D eigenvalue weighted by Crippen LogP contribution is 2.13. The van der Waals surface area contributed by atoms with E-state index in [4.69, 9.17) is 16.3 Å². The summed E-state index contributed by atoms with van der Waals surface area (Å²) in [7, 11) is 0. The predicted octanol–water partition coefficient (Wildman–Crippen LogP) is 1.22. The lowest BCUT2D eigenvalue weighted by Gasteiger charge is -2.31. The predicted molar refractivity (Wildman–Crippen MR) is 58.5 cm³/mol. The second-order valence-electron chi connectivity index (χ2n) is 3.26. The van der Waals surface area contributed by atoms with Crippen molar-refractivity contribution in [2.24, 2.45) is 0 Å². The van der Waals surface area contributed by atoms with Crippen LogP contribution in [0.4, 0.5) is 0 Å². The molecule has 0 aromatic carbocycles. The van der Waals surface area contributed by atoms with Crippen molar-refractivity contribution in [1.29, 1.82) is 0 Å². The minimum atomic E-state index is -0.0442. The van der Waals surface area contributed by atoms with E-state index >= 15 is 0 Å². The maximum atomic E-state index is 11.9. The van der Waals surface area contributed by atoms with E-state index in [1.807, 2.05) is 0 Å². The standard InChI is InChI=1S/C9H11ClN2O2S/c10-3-7-5-12(1-2-14-7)9(13)8-4-11-6-15-8/h4,6-7H,1-3,5H2. The van der Waals surface area contributed by atoms with E-state index in [1.165, 1.54) is 11.3 Å². The van der Waals surface area contributed by atoms with Gasteiger partial charge in [-0.2, -0.15) is 0 Å². The third-order valence-corrected chi connectivity index (χ3v) is 3.35. The Kier molecular flexibility index (Phi) is 3.56. The number of halogens is 1. The van der Waals surface area contributed by atoms with Gasteiger partial charge in [0.05, 0.1) is 30.3 Å². The maximum absolute atomic E-state index is 11.9. The van der Waals surface area contributed by atoms with Gasteiger partial charge in [0.1, 0.15) is 4.88 Å². The largest absolute Gasteiger partial charge is 0.373 e. The summed E-state index contributed by atoms with van der Waals surface area (Å²) in [4.78, 5) is 18.3. The fourth-order valence-corrected chi connectivity index (χ4v) is 2.25. The van der Waals surface area contributed by atoms with E-state index in [1.54, 1.807) is 16.6 Å². The fourth-order valence-electron chi connectivity index (χ4n) is 1.47.